The number of unbranched alkanes of at least 4 members (excludes halogenated alkanes) is 2. The number of fused-ring (bicyclic) bond motifs is 3. The van der Waals surface area contributed by atoms with Crippen molar-refractivity contribution >= 4 is 34.8 Å². The average molecular weight is 547 g/mol. The molecule has 1 aliphatic rings. The molecule has 4 rings (SSSR count). The van der Waals surface area contributed by atoms with Crippen LogP contribution in [0.5, 0.6) is 0 Å². The van der Waals surface area contributed by atoms with Crippen LogP contribution in [0.25, 0.3) is 11.1 Å². The Hall–Kier alpha value is -1.59. The molecule has 0 bridgehead atoms. The molecule has 36 heavy (non-hydrogen) atoms. The van der Waals surface area contributed by atoms with Gasteiger partial charge in [0.05, 0.1) is 12.2 Å². The molecule has 0 aliphatic heterocycles. The van der Waals surface area contributed by atoms with Crippen molar-refractivity contribution in [2.24, 2.45) is 0 Å². The molecule has 3 nitrogen and oxygen atoms in total. The summed E-state index contributed by atoms with van der Waals surface area (Å²) in [6, 6.07) is 16.8. The van der Waals surface area contributed by atoms with Gasteiger partial charge in [0.2, 0.25) is 0 Å². The smallest absolute Gasteiger partial charge is 0.0923 e. The van der Waals surface area contributed by atoms with Crippen LogP contribution in [0, 0.1) is 0 Å². The molecule has 0 aromatic heterocycles. The standard InChI is InChI=1S/C30H34Cl3NO2/c1-3-5-13-34(14-6-4-2)18-27(35)25-16-22(33)17-26-28(25)23-12-11-21(32)15-24(23)29(26)30(36)19-7-9-20(31)10-8-19/h7-12,15-17,27,29-30,35-36H,3-6,13-14,18H2,1-2H3. The first kappa shape index (κ1) is 27.4. The molecule has 0 fully saturated rings. The topological polar surface area (TPSA) is 43.7 Å². The number of halogens is 3. The van der Waals surface area contributed by atoms with E-state index >= 15 is 0 Å². The summed E-state index contributed by atoms with van der Waals surface area (Å²) in [7, 11) is 0. The van der Waals surface area contributed by atoms with Crippen molar-refractivity contribution in [3.05, 3.63) is 91.9 Å². The van der Waals surface area contributed by atoms with Gasteiger partial charge in [0.15, 0.2) is 0 Å². The molecule has 6 heteroatoms. The lowest BCUT2D eigenvalue weighted by atomic mass is 9.86. The van der Waals surface area contributed by atoms with Gasteiger partial charge in [-0.25, -0.2) is 0 Å². The number of aliphatic hydroxyl groups is 2. The molecule has 192 valence electrons. The first-order valence-electron chi connectivity index (χ1n) is 12.8. The third-order valence-electron chi connectivity index (χ3n) is 7.09. The third kappa shape index (κ3) is 5.93. The maximum atomic E-state index is 11.6. The van der Waals surface area contributed by atoms with E-state index in [1.165, 1.54) is 0 Å². The van der Waals surface area contributed by atoms with Gasteiger partial charge in [-0.1, -0.05) is 79.7 Å². The lowest BCUT2D eigenvalue weighted by molar-refractivity contribution is 0.111. The highest BCUT2D eigenvalue weighted by atomic mass is 35.5. The number of rotatable bonds is 11. The van der Waals surface area contributed by atoms with Gasteiger partial charge in [0, 0.05) is 27.5 Å². The average Bonchev–Trinajstić information content (AvgIpc) is 3.17. The molecule has 0 heterocycles. The van der Waals surface area contributed by atoms with Crippen molar-refractivity contribution in [2.45, 2.75) is 57.7 Å². The van der Waals surface area contributed by atoms with E-state index < -0.39 is 12.2 Å². The Labute approximate surface area is 229 Å². The predicted molar refractivity (Wildman–Crippen MR) is 151 cm³/mol. The van der Waals surface area contributed by atoms with Gasteiger partial charge in [-0.2, -0.15) is 0 Å². The second kappa shape index (κ2) is 12.3. The molecular formula is C30H34Cl3NO2. The second-order valence-corrected chi connectivity index (χ2v) is 11.0. The molecule has 0 radical (unpaired) electrons. The van der Waals surface area contributed by atoms with Crippen LogP contribution in [0.15, 0.2) is 54.6 Å². The van der Waals surface area contributed by atoms with Gasteiger partial charge in [0.1, 0.15) is 0 Å². The molecule has 0 spiro atoms. The lowest BCUT2D eigenvalue weighted by Gasteiger charge is -2.27. The third-order valence-corrected chi connectivity index (χ3v) is 7.80. The molecule has 3 aromatic rings. The largest absolute Gasteiger partial charge is 0.387 e. The van der Waals surface area contributed by atoms with Crippen molar-refractivity contribution < 1.29 is 10.2 Å². The van der Waals surface area contributed by atoms with E-state index in [0.29, 0.717) is 21.6 Å². The van der Waals surface area contributed by atoms with Gasteiger partial charge in [-0.15, -0.1) is 0 Å². The number of nitrogens with zero attached hydrogens (tertiary/aromatic N) is 1. The quantitative estimate of drug-likeness (QED) is 0.254. The van der Waals surface area contributed by atoms with E-state index in [4.69, 9.17) is 34.8 Å². The van der Waals surface area contributed by atoms with E-state index in [1.807, 2.05) is 42.5 Å². The van der Waals surface area contributed by atoms with E-state index in [0.717, 1.165) is 72.2 Å². The Kier molecular flexibility index (Phi) is 9.38. The van der Waals surface area contributed by atoms with Crippen LogP contribution in [-0.2, 0) is 0 Å². The highest BCUT2D eigenvalue weighted by Crippen LogP contribution is 2.53. The van der Waals surface area contributed by atoms with E-state index in [2.05, 4.69) is 18.7 Å². The summed E-state index contributed by atoms with van der Waals surface area (Å²) < 4.78 is 0. The number of hydrogen-bond donors (Lipinski definition) is 2. The minimum Gasteiger partial charge on any atom is -0.387 e. The van der Waals surface area contributed by atoms with E-state index in [1.54, 1.807) is 12.1 Å². The summed E-state index contributed by atoms with van der Waals surface area (Å²) in [4.78, 5) is 2.35. The van der Waals surface area contributed by atoms with Gasteiger partial charge >= 0.3 is 0 Å². The van der Waals surface area contributed by atoms with Crippen molar-refractivity contribution in [3.63, 3.8) is 0 Å². The number of hydrogen-bond acceptors (Lipinski definition) is 3. The first-order valence-corrected chi connectivity index (χ1v) is 13.9. The summed E-state index contributed by atoms with van der Waals surface area (Å²) >= 11 is 19.2. The first-order chi connectivity index (χ1) is 17.3. The fourth-order valence-electron chi connectivity index (χ4n) is 5.25. The van der Waals surface area contributed by atoms with Crippen LogP contribution in [-0.4, -0.2) is 34.7 Å². The van der Waals surface area contributed by atoms with Crippen LogP contribution in [0.3, 0.4) is 0 Å². The zero-order chi connectivity index (χ0) is 25.8. The van der Waals surface area contributed by atoms with E-state index in [-0.39, 0.29) is 5.92 Å². The van der Waals surface area contributed by atoms with Crippen LogP contribution < -0.4 is 0 Å². The minimum absolute atomic E-state index is 0.365. The highest BCUT2D eigenvalue weighted by Gasteiger charge is 2.37. The maximum absolute atomic E-state index is 11.6. The summed E-state index contributed by atoms with van der Waals surface area (Å²) in [6.45, 7) is 6.83. The van der Waals surface area contributed by atoms with Crippen molar-refractivity contribution in [2.75, 3.05) is 19.6 Å². The molecular weight excluding hydrogens is 513 g/mol. The monoisotopic (exact) mass is 545 g/mol. The fraction of sp³-hybridized carbons (Fsp3) is 0.400. The molecule has 3 aromatic carbocycles. The highest BCUT2D eigenvalue weighted by molar-refractivity contribution is 6.31. The van der Waals surface area contributed by atoms with Crippen molar-refractivity contribution in [1.82, 2.24) is 4.90 Å². The molecule has 3 atom stereocenters. The summed E-state index contributed by atoms with van der Waals surface area (Å²) in [5, 5.41) is 24.8. The van der Waals surface area contributed by atoms with Gasteiger partial charge in [-0.05, 0) is 95.7 Å². The Morgan fingerprint density at radius 1 is 0.778 bits per heavy atom. The van der Waals surface area contributed by atoms with Crippen LogP contribution in [0.4, 0.5) is 0 Å². The summed E-state index contributed by atoms with van der Waals surface area (Å²) in [5.74, 6) is -0.365. The van der Waals surface area contributed by atoms with Gasteiger partial charge < -0.3 is 15.1 Å². The zero-order valence-electron chi connectivity index (χ0n) is 20.9. The molecule has 1 aliphatic carbocycles. The Morgan fingerprint density at radius 3 is 2.03 bits per heavy atom. The predicted octanol–water partition coefficient (Wildman–Crippen LogP) is 8.43. The fourth-order valence-corrected chi connectivity index (χ4v) is 5.79. The Bertz CT molecular complexity index is 1170. The Balaban J connectivity index is 1.77. The Morgan fingerprint density at radius 2 is 1.39 bits per heavy atom. The SMILES string of the molecule is CCCCN(CCCC)CC(O)c1cc(Cl)cc2c1-c1ccc(Cl)cc1C2C(O)c1ccc(Cl)cc1. The molecule has 0 amide bonds. The molecule has 0 saturated carbocycles. The van der Waals surface area contributed by atoms with Gasteiger partial charge in [-0.3, -0.25) is 0 Å². The van der Waals surface area contributed by atoms with E-state index in [9.17, 15) is 10.2 Å². The molecule has 2 N–H and O–H groups in total. The molecule has 3 unspecified atom stereocenters. The number of aliphatic hydroxyl groups excluding tert-OH is 2. The van der Waals surface area contributed by atoms with Crippen LogP contribution >= 0.6 is 34.8 Å². The number of benzene rings is 3. The molecule has 0 saturated heterocycles. The maximum Gasteiger partial charge on any atom is 0.0923 e. The van der Waals surface area contributed by atoms with Gasteiger partial charge in [0.25, 0.3) is 0 Å². The lowest BCUT2D eigenvalue weighted by Crippen LogP contribution is -2.31. The zero-order valence-corrected chi connectivity index (χ0v) is 23.1. The summed E-state index contributed by atoms with van der Waals surface area (Å²) in [6.07, 6.45) is 2.89. The second-order valence-electron chi connectivity index (χ2n) is 9.69. The van der Waals surface area contributed by atoms with Crippen molar-refractivity contribution in [3.8, 4) is 11.1 Å². The normalized spacial score (nSPS) is 16.2. The van der Waals surface area contributed by atoms with Crippen LogP contribution in [0.1, 0.15) is 79.9 Å². The minimum atomic E-state index is -0.824. The van der Waals surface area contributed by atoms with Crippen LogP contribution in [0.2, 0.25) is 15.1 Å². The van der Waals surface area contributed by atoms with Crippen molar-refractivity contribution in [1.29, 1.82) is 0 Å². The summed E-state index contributed by atoms with van der Waals surface area (Å²) in [5.41, 5.74) is 5.32.